The van der Waals surface area contributed by atoms with Crippen molar-refractivity contribution in [1.82, 2.24) is 19.9 Å². The molecule has 3 aromatic heterocycles. The van der Waals surface area contributed by atoms with Crippen LogP contribution in [0.5, 0.6) is 5.88 Å². The number of nitrogen functional groups attached to an aromatic ring is 1. The molecule has 3 rings (SSSR count). The predicted octanol–water partition coefficient (Wildman–Crippen LogP) is 2.01. The highest BCUT2D eigenvalue weighted by atomic mass is 16.5. The number of hydrogen-bond donors (Lipinski definition) is 1. The molecule has 0 atom stereocenters. The summed E-state index contributed by atoms with van der Waals surface area (Å²) in [6, 6.07) is 13.1. The Balaban J connectivity index is 1.85. The number of hydrogen-bond acceptors (Lipinski definition) is 7. The van der Waals surface area contributed by atoms with Crippen LogP contribution in [0.15, 0.2) is 48.8 Å². The van der Waals surface area contributed by atoms with Gasteiger partial charge >= 0.3 is 0 Å². The van der Waals surface area contributed by atoms with Gasteiger partial charge in [0.2, 0.25) is 11.8 Å². The van der Waals surface area contributed by atoms with Crippen molar-refractivity contribution in [3.05, 3.63) is 60.0 Å². The Morgan fingerprint density at radius 2 is 1.83 bits per heavy atom. The number of nitrogens with zero attached hydrogens (tertiary/aromatic N) is 5. The Morgan fingerprint density at radius 3 is 2.50 bits per heavy atom. The zero-order valence-electron chi connectivity index (χ0n) is 12.8. The Kier molecular flexibility index (Phi) is 4.58. The van der Waals surface area contributed by atoms with Crippen molar-refractivity contribution in [2.24, 2.45) is 0 Å². The maximum absolute atomic E-state index is 9.48. The molecule has 0 spiro atoms. The first-order valence-electron chi connectivity index (χ1n) is 7.29. The SMILES string of the molecule is N#Cc1c(OCCc2ccccn2)nc(N)nc1-c1ccccn1. The fourth-order valence-electron chi connectivity index (χ4n) is 2.15. The minimum Gasteiger partial charge on any atom is -0.476 e. The Morgan fingerprint density at radius 1 is 1.04 bits per heavy atom. The second-order valence-electron chi connectivity index (χ2n) is 4.86. The summed E-state index contributed by atoms with van der Waals surface area (Å²) < 4.78 is 5.65. The summed E-state index contributed by atoms with van der Waals surface area (Å²) in [6.45, 7) is 0.323. The molecule has 0 amide bonds. The van der Waals surface area contributed by atoms with E-state index in [1.807, 2.05) is 24.3 Å². The van der Waals surface area contributed by atoms with Gasteiger partial charge in [-0.05, 0) is 24.3 Å². The second-order valence-corrected chi connectivity index (χ2v) is 4.86. The van der Waals surface area contributed by atoms with Crippen molar-refractivity contribution in [3.8, 4) is 23.3 Å². The van der Waals surface area contributed by atoms with E-state index < -0.39 is 0 Å². The van der Waals surface area contributed by atoms with Crippen LogP contribution < -0.4 is 10.5 Å². The van der Waals surface area contributed by atoms with Crippen LogP contribution in [0, 0.1) is 11.3 Å². The molecule has 2 N–H and O–H groups in total. The fraction of sp³-hybridized carbons (Fsp3) is 0.118. The van der Waals surface area contributed by atoms with Crippen molar-refractivity contribution < 1.29 is 4.74 Å². The van der Waals surface area contributed by atoms with Crippen LogP contribution in [0.25, 0.3) is 11.4 Å². The molecule has 0 saturated carbocycles. The van der Waals surface area contributed by atoms with E-state index in [9.17, 15) is 5.26 Å². The third-order valence-corrected chi connectivity index (χ3v) is 3.24. The highest BCUT2D eigenvalue weighted by Crippen LogP contribution is 2.26. The minimum absolute atomic E-state index is 0.0301. The summed E-state index contributed by atoms with van der Waals surface area (Å²) in [5.74, 6) is 0.184. The summed E-state index contributed by atoms with van der Waals surface area (Å²) in [5, 5.41) is 9.48. The van der Waals surface area contributed by atoms with Gasteiger partial charge in [0.1, 0.15) is 17.3 Å². The average molecular weight is 318 g/mol. The van der Waals surface area contributed by atoms with Gasteiger partial charge in [-0.1, -0.05) is 12.1 Å². The average Bonchev–Trinajstić information content (AvgIpc) is 2.63. The molecular weight excluding hydrogens is 304 g/mol. The Bertz CT molecular complexity index is 861. The highest BCUT2D eigenvalue weighted by Gasteiger charge is 2.17. The predicted molar refractivity (Wildman–Crippen MR) is 87.8 cm³/mol. The van der Waals surface area contributed by atoms with E-state index in [0.29, 0.717) is 24.4 Å². The number of nitrogens with two attached hydrogens (primary N) is 1. The molecule has 0 unspecified atom stereocenters. The van der Waals surface area contributed by atoms with Crippen LogP contribution >= 0.6 is 0 Å². The quantitative estimate of drug-likeness (QED) is 0.766. The minimum atomic E-state index is 0.0301. The number of nitriles is 1. The van der Waals surface area contributed by atoms with Gasteiger partial charge in [0, 0.05) is 24.5 Å². The lowest BCUT2D eigenvalue weighted by atomic mass is 10.1. The standard InChI is InChI=1S/C17H14N6O/c18-11-13-15(14-6-2-4-9-21-14)22-17(19)23-16(13)24-10-7-12-5-1-3-8-20-12/h1-6,8-9H,7,10H2,(H2,19,22,23). The van der Waals surface area contributed by atoms with E-state index in [0.717, 1.165) is 5.69 Å². The first kappa shape index (κ1) is 15.4. The molecule has 24 heavy (non-hydrogen) atoms. The van der Waals surface area contributed by atoms with E-state index in [1.165, 1.54) is 0 Å². The van der Waals surface area contributed by atoms with Crippen LogP contribution in [-0.2, 0) is 6.42 Å². The summed E-state index contributed by atoms with van der Waals surface area (Å²) in [4.78, 5) is 16.6. The molecule has 0 aromatic carbocycles. The van der Waals surface area contributed by atoms with E-state index in [-0.39, 0.29) is 17.4 Å². The monoisotopic (exact) mass is 318 g/mol. The molecule has 0 radical (unpaired) electrons. The Labute approximate surface area is 138 Å². The van der Waals surface area contributed by atoms with E-state index in [2.05, 4.69) is 26.0 Å². The summed E-state index contributed by atoms with van der Waals surface area (Å²) in [6.07, 6.45) is 3.93. The molecule has 0 fully saturated rings. The maximum atomic E-state index is 9.48. The maximum Gasteiger partial charge on any atom is 0.237 e. The molecule has 7 heteroatoms. The number of rotatable bonds is 5. The molecule has 0 aliphatic carbocycles. The molecule has 3 heterocycles. The third kappa shape index (κ3) is 3.44. The highest BCUT2D eigenvalue weighted by molar-refractivity contribution is 5.67. The summed E-state index contributed by atoms with van der Waals surface area (Å²) in [5.41, 5.74) is 7.75. The van der Waals surface area contributed by atoms with Crippen LogP contribution in [0.3, 0.4) is 0 Å². The van der Waals surface area contributed by atoms with E-state index in [1.54, 1.807) is 24.5 Å². The van der Waals surface area contributed by atoms with Gasteiger partial charge in [0.15, 0.2) is 0 Å². The zero-order valence-corrected chi connectivity index (χ0v) is 12.8. The molecule has 7 nitrogen and oxygen atoms in total. The first-order chi connectivity index (χ1) is 11.8. The van der Waals surface area contributed by atoms with Gasteiger partial charge in [-0.3, -0.25) is 9.97 Å². The lowest BCUT2D eigenvalue weighted by Crippen LogP contribution is -2.09. The van der Waals surface area contributed by atoms with Crippen LogP contribution in [-0.4, -0.2) is 26.5 Å². The fourth-order valence-corrected chi connectivity index (χ4v) is 2.15. The molecule has 0 saturated heterocycles. The molecule has 0 bridgehead atoms. The number of aromatic nitrogens is 4. The van der Waals surface area contributed by atoms with Gasteiger partial charge in [-0.2, -0.15) is 10.2 Å². The van der Waals surface area contributed by atoms with Crippen molar-refractivity contribution in [1.29, 1.82) is 5.26 Å². The molecular formula is C17H14N6O. The van der Waals surface area contributed by atoms with Crippen LogP contribution in [0.1, 0.15) is 11.3 Å². The summed E-state index contributed by atoms with van der Waals surface area (Å²) >= 11 is 0. The van der Waals surface area contributed by atoms with E-state index in [4.69, 9.17) is 10.5 Å². The first-order valence-corrected chi connectivity index (χ1v) is 7.29. The number of anilines is 1. The smallest absolute Gasteiger partial charge is 0.237 e. The van der Waals surface area contributed by atoms with Gasteiger partial charge in [-0.15, -0.1) is 0 Å². The van der Waals surface area contributed by atoms with Gasteiger partial charge in [0.05, 0.1) is 12.3 Å². The molecule has 118 valence electrons. The van der Waals surface area contributed by atoms with Crippen molar-refractivity contribution >= 4 is 5.95 Å². The van der Waals surface area contributed by atoms with Crippen LogP contribution in [0.2, 0.25) is 0 Å². The lowest BCUT2D eigenvalue weighted by molar-refractivity contribution is 0.307. The lowest BCUT2D eigenvalue weighted by Gasteiger charge is -2.10. The molecule has 0 aliphatic rings. The van der Waals surface area contributed by atoms with Crippen molar-refractivity contribution in [2.75, 3.05) is 12.3 Å². The molecule has 3 aromatic rings. The van der Waals surface area contributed by atoms with Crippen molar-refractivity contribution in [2.45, 2.75) is 6.42 Å². The summed E-state index contributed by atoms with van der Waals surface area (Å²) in [7, 11) is 0. The second kappa shape index (κ2) is 7.15. The van der Waals surface area contributed by atoms with Gasteiger partial charge < -0.3 is 10.5 Å². The number of ether oxygens (including phenoxy) is 1. The Hall–Kier alpha value is -3.53. The number of pyridine rings is 2. The van der Waals surface area contributed by atoms with Crippen molar-refractivity contribution in [3.63, 3.8) is 0 Å². The zero-order chi connectivity index (χ0) is 16.8. The van der Waals surface area contributed by atoms with E-state index >= 15 is 0 Å². The normalized spacial score (nSPS) is 10.1. The third-order valence-electron chi connectivity index (χ3n) is 3.24. The van der Waals surface area contributed by atoms with Gasteiger partial charge in [-0.25, -0.2) is 4.98 Å². The van der Waals surface area contributed by atoms with Crippen LogP contribution in [0.4, 0.5) is 5.95 Å². The van der Waals surface area contributed by atoms with Gasteiger partial charge in [0.25, 0.3) is 0 Å². The topological polar surface area (TPSA) is 111 Å². The molecule has 0 aliphatic heterocycles. The largest absolute Gasteiger partial charge is 0.476 e.